The number of carbonyl (C=O) groups is 1. The summed E-state index contributed by atoms with van der Waals surface area (Å²) in [6.07, 6.45) is 1.63. The summed E-state index contributed by atoms with van der Waals surface area (Å²) < 4.78 is 11.4. The first-order valence-corrected chi connectivity index (χ1v) is 10.5. The van der Waals surface area contributed by atoms with Crippen LogP contribution in [-0.2, 0) is 0 Å². The van der Waals surface area contributed by atoms with Crippen molar-refractivity contribution in [2.45, 2.75) is 0 Å². The van der Waals surface area contributed by atoms with E-state index < -0.39 is 5.91 Å². The average Bonchev–Trinajstić information content (AvgIpc) is 3.42. The molecule has 0 saturated carbocycles. The highest BCUT2D eigenvalue weighted by Gasteiger charge is 2.17. The Morgan fingerprint density at radius 3 is 2.56 bits per heavy atom. The molecule has 0 fully saturated rings. The Morgan fingerprint density at radius 2 is 1.75 bits per heavy atom. The summed E-state index contributed by atoms with van der Waals surface area (Å²) in [6.45, 7) is 0. The van der Waals surface area contributed by atoms with E-state index in [1.54, 1.807) is 66.9 Å². The summed E-state index contributed by atoms with van der Waals surface area (Å²) >= 11 is 18.5. The van der Waals surface area contributed by atoms with E-state index in [1.807, 2.05) is 0 Å². The lowest BCUT2D eigenvalue weighted by Gasteiger charge is -2.06. The summed E-state index contributed by atoms with van der Waals surface area (Å²) in [5.74, 6) is 0.437. The highest BCUT2D eigenvalue weighted by atomic mass is 35.5. The molecule has 6 nitrogen and oxygen atoms in total. The van der Waals surface area contributed by atoms with Gasteiger partial charge in [0.05, 0.1) is 15.6 Å². The topological polar surface area (TPSA) is 81.2 Å². The molecule has 0 unspecified atom stereocenters. The molecule has 1 amide bonds. The lowest BCUT2D eigenvalue weighted by atomic mass is 10.2. The minimum Gasteiger partial charge on any atom is -0.451 e. The summed E-state index contributed by atoms with van der Waals surface area (Å²) in [5.41, 5.74) is 2.66. The number of amides is 1. The van der Waals surface area contributed by atoms with Gasteiger partial charge >= 0.3 is 0 Å². The molecule has 3 heterocycles. The van der Waals surface area contributed by atoms with Crippen molar-refractivity contribution < 1.29 is 13.6 Å². The van der Waals surface area contributed by atoms with Crippen LogP contribution in [0.5, 0.6) is 0 Å². The number of rotatable bonds is 4. The molecule has 0 saturated heterocycles. The van der Waals surface area contributed by atoms with Crippen molar-refractivity contribution in [1.82, 2.24) is 9.97 Å². The van der Waals surface area contributed by atoms with Crippen LogP contribution in [0.2, 0.25) is 15.1 Å². The van der Waals surface area contributed by atoms with E-state index in [9.17, 15) is 4.79 Å². The number of benzene rings is 2. The number of carbonyl (C=O) groups excluding carboxylic acids is 1. The van der Waals surface area contributed by atoms with Crippen molar-refractivity contribution in [3.63, 3.8) is 0 Å². The minimum atomic E-state index is -0.436. The second-order valence-electron chi connectivity index (χ2n) is 6.78. The molecule has 0 aliphatic heterocycles. The number of fused-ring (bicyclic) bond motifs is 1. The maximum Gasteiger partial charge on any atom is 0.291 e. The van der Waals surface area contributed by atoms with Crippen molar-refractivity contribution >= 4 is 57.6 Å². The fourth-order valence-corrected chi connectivity index (χ4v) is 3.84. The Hall–Kier alpha value is -3.32. The van der Waals surface area contributed by atoms with E-state index >= 15 is 0 Å². The third kappa shape index (κ3) is 3.96. The zero-order valence-corrected chi connectivity index (χ0v) is 18.4. The van der Waals surface area contributed by atoms with Gasteiger partial charge in [-0.05, 0) is 60.7 Å². The van der Waals surface area contributed by atoms with Gasteiger partial charge in [-0.2, -0.15) is 4.98 Å². The minimum absolute atomic E-state index is 0.119. The predicted molar refractivity (Wildman–Crippen MR) is 124 cm³/mol. The van der Waals surface area contributed by atoms with Gasteiger partial charge in [0.2, 0.25) is 5.89 Å². The largest absolute Gasteiger partial charge is 0.451 e. The average molecular weight is 485 g/mol. The van der Waals surface area contributed by atoms with Gasteiger partial charge in [0.1, 0.15) is 5.76 Å². The molecule has 5 aromatic rings. The van der Waals surface area contributed by atoms with Gasteiger partial charge < -0.3 is 14.2 Å². The Morgan fingerprint density at radius 1 is 0.875 bits per heavy atom. The van der Waals surface area contributed by atoms with E-state index in [4.69, 9.17) is 43.6 Å². The number of nitrogens with zero attached hydrogens (tertiary/aromatic N) is 2. The molecule has 1 N–H and O–H groups in total. The first-order valence-electron chi connectivity index (χ1n) is 9.36. The predicted octanol–water partition coefficient (Wildman–Crippen LogP) is 7.36. The smallest absolute Gasteiger partial charge is 0.291 e. The van der Waals surface area contributed by atoms with Crippen molar-refractivity contribution in [3.8, 4) is 22.8 Å². The molecule has 32 heavy (non-hydrogen) atoms. The van der Waals surface area contributed by atoms with Crippen molar-refractivity contribution in [2.24, 2.45) is 0 Å². The van der Waals surface area contributed by atoms with Gasteiger partial charge in [-0.25, -0.2) is 4.98 Å². The molecular weight excluding hydrogens is 473 g/mol. The molecule has 0 radical (unpaired) electrons. The standard InChI is InChI=1S/C23H12Cl3N3O3/c24-12-3-5-14(17(26)10-12)18-7-8-20(31-18)22(30)28-13-4-6-16(25)15(11-13)23-29-21-19(32-23)2-1-9-27-21/h1-11H,(H,28,30). The van der Waals surface area contributed by atoms with Gasteiger partial charge in [-0.15, -0.1) is 0 Å². The van der Waals surface area contributed by atoms with Crippen LogP contribution in [0, 0.1) is 0 Å². The van der Waals surface area contributed by atoms with E-state index in [0.717, 1.165) is 0 Å². The van der Waals surface area contributed by atoms with Crippen molar-refractivity contribution in [3.05, 3.63) is 87.7 Å². The van der Waals surface area contributed by atoms with Crippen molar-refractivity contribution in [2.75, 3.05) is 5.32 Å². The number of anilines is 1. The zero-order valence-electron chi connectivity index (χ0n) is 16.1. The maximum absolute atomic E-state index is 12.7. The first kappa shape index (κ1) is 20.6. The van der Waals surface area contributed by atoms with E-state index in [-0.39, 0.29) is 5.76 Å². The van der Waals surface area contributed by atoms with Crippen LogP contribution in [-0.4, -0.2) is 15.9 Å². The number of halogens is 3. The zero-order chi connectivity index (χ0) is 22.2. The monoisotopic (exact) mass is 483 g/mol. The molecule has 0 atom stereocenters. The number of pyridine rings is 1. The molecular formula is C23H12Cl3N3O3. The number of oxazole rings is 1. The van der Waals surface area contributed by atoms with E-state index in [2.05, 4.69) is 15.3 Å². The van der Waals surface area contributed by atoms with Gasteiger partial charge in [0.25, 0.3) is 5.91 Å². The summed E-state index contributed by atoms with van der Waals surface area (Å²) in [6, 6.07) is 16.8. The number of aromatic nitrogens is 2. The maximum atomic E-state index is 12.7. The highest BCUT2D eigenvalue weighted by molar-refractivity contribution is 6.36. The number of hydrogen-bond acceptors (Lipinski definition) is 5. The Bertz CT molecular complexity index is 1440. The third-order valence-electron chi connectivity index (χ3n) is 4.65. The van der Waals surface area contributed by atoms with Crippen LogP contribution >= 0.6 is 34.8 Å². The van der Waals surface area contributed by atoms with Crippen LogP contribution in [0.4, 0.5) is 5.69 Å². The third-order valence-corrected chi connectivity index (χ3v) is 5.52. The summed E-state index contributed by atoms with van der Waals surface area (Å²) in [4.78, 5) is 21.2. The van der Waals surface area contributed by atoms with Gasteiger partial charge in [-0.3, -0.25) is 4.79 Å². The molecule has 0 bridgehead atoms. The van der Waals surface area contributed by atoms with Crippen LogP contribution in [0.3, 0.4) is 0 Å². The van der Waals surface area contributed by atoms with Crippen LogP contribution in [0.1, 0.15) is 10.6 Å². The Balaban J connectivity index is 1.40. The molecule has 158 valence electrons. The van der Waals surface area contributed by atoms with Crippen LogP contribution < -0.4 is 5.32 Å². The number of furan rings is 1. The van der Waals surface area contributed by atoms with Crippen molar-refractivity contribution in [1.29, 1.82) is 0 Å². The van der Waals surface area contributed by atoms with Gasteiger partial charge in [-0.1, -0.05) is 34.8 Å². The number of hydrogen-bond donors (Lipinski definition) is 1. The normalized spacial score (nSPS) is 11.1. The second kappa shape index (κ2) is 8.31. The van der Waals surface area contributed by atoms with E-state index in [0.29, 0.717) is 54.8 Å². The summed E-state index contributed by atoms with van der Waals surface area (Å²) in [5, 5.41) is 4.15. The fraction of sp³-hybridized carbons (Fsp3) is 0. The lowest BCUT2D eigenvalue weighted by Crippen LogP contribution is -2.10. The van der Waals surface area contributed by atoms with Crippen LogP contribution in [0.25, 0.3) is 34.0 Å². The quantitative estimate of drug-likeness (QED) is 0.288. The molecule has 3 aromatic heterocycles. The molecule has 0 aliphatic carbocycles. The second-order valence-corrected chi connectivity index (χ2v) is 8.03. The van der Waals surface area contributed by atoms with Gasteiger partial charge in [0.15, 0.2) is 17.0 Å². The Labute approximate surface area is 196 Å². The fourth-order valence-electron chi connectivity index (χ4n) is 3.14. The summed E-state index contributed by atoms with van der Waals surface area (Å²) in [7, 11) is 0. The van der Waals surface area contributed by atoms with Crippen LogP contribution in [0.15, 0.2) is 75.7 Å². The van der Waals surface area contributed by atoms with E-state index in [1.165, 1.54) is 0 Å². The van der Waals surface area contributed by atoms with Gasteiger partial charge in [0, 0.05) is 22.5 Å². The highest BCUT2D eigenvalue weighted by Crippen LogP contribution is 2.33. The first-order chi connectivity index (χ1) is 15.5. The lowest BCUT2D eigenvalue weighted by molar-refractivity contribution is 0.0997. The SMILES string of the molecule is O=C(Nc1ccc(Cl)c(-c2nc3ncccc3o2)c1)c1ccc(-c2ccc(Cl)cc2Cl)o1. The molecule has 0 spiro atoms. The molecule has 0 aliphatic rings. The molecule has 2 aromatic carbocycles. The molecule has 9 heteroatoms. The Kier molecular flexibility index (Phi) is 5.35. The molecule has 5 rings (SSSR count). The number of nitrogens with one attached hydrogen (secondary N) is 1.